The predicted molar refractivity (Wildman–Crippen MR) is 135 cm³/mol. The molecule has 0 bridgehead atoms. The van der Waals surface area contributed by atoms with Crippen molar-refractivity contribution in [3.63, 3.8) is 0 Å². The van der Waals surface area contributed by atoms with Gasteiger partial charge < -0.3 is 4.74 Å². The molecule has 0 aliphatic heterocycles. The number of aryl methyl sites for hydroxylation is 2. The fraction of sp³-hybridized carbons (Fsp3) is 0.161. The summed E-state index contributed by atoms with van der Waals surface area (Å²) in [6, 6.07) is 30.4. The highest BCUT2D eigenvalue weighted by molar-refractivity contribution is 5.81. The van der Waals surface area contributed by atoms with E-state index in [0.29, 0.717) is 25.0 Å². The van der Waals surface area contributed by atoms with Crippen LogP contribution < -0.4 is 0 Å². The van der Waals surface area contributed by atoms with E-state index < -0.39 is 0 Å². The van der Waals surface area contributed by atoms with Gasteiger partial charge in [-0.25, -0.2) is 0 Å². The van der Waals surface area contributed by atoms with Gasteiger partial charge in [0.25, 0.3) is 0 Å². The monoisotopic (exact) mass is 446 g/mol. The first-order valence-corrected chi connectivity index (χ1v) is 11.6. The number of rotatable bonds is 7. The molecule has 0 heterocycles. The van der Waals surface area contributed by atoms with E-state index in [1.807, 2.05) is 54.6 Å². The number of ether oxygens (including phenoxy) is 1. The molecule has 0 radical (unpaired) electrons. The normalized spacial score (nSPS) is 12.1. The molecule has 0 saturated heterocycles. The highest BCUT2D eigenvalue weighted by Gasteiger charge is 2.29. The number of esters is 1. The molecule has 3 nitrogen and oxygen atoms in total. The molecule has 0 unspecified atom stereocenters. The Hall–Kier alpha value is -3.98. The van der Waals surface area contributed by atoms with Gasteiger partial charge in [0.15, 0.2) is 0 Å². The Morgan fingerprint density at radius 1 is 0.853 bits per heavy atom. The van der Waals surface area contributed by atoms with Gasteiger partial charge in [-0.3, -0.25) is 9.59 Å². The summed E-state index contributed by atoms with van der Waals surface area (Å²) in [4.78, 5) is 24.0. The maximum Gasteiger partial charge on any atom is 0.306 e. The van der Waals surface area contributed by atoms with Crippen molar-refractivity contribution in [1.29, 1.82) is 0 Å². The maximum atomic E-state index is 12.8. The summed E-state index contributed by atoms with van der Waals surface area (Å²) in [6.45, 7) is 2.40. The smallest absolute Gasteiger partial charge is 0.306 e. The van der Waals surface area contributed by atoms with Crippen molar-refractivity contribution < 1.29 is 14.3 Å². The van der Waals surface area contributed by atoms with Crippen LogP contribution in [0.4, 0.5) is 0 Å². The van der Waals surface area contributed by atoms with Crippen molar-refractivity contribution in [3.05, 3.63) is 119 Å². The number of hydrogen-bond acceptors (Lipinski definition) is 3. The van der Waals surface area contributed by atoms with E-state index >= 15 is 0 Å². The quantitative estimate of drug-likeness (QED) is 0.233. The molecule has 0 fully saturated rings. The number of fused-ring (bicyclic) bond motifs is 3. The molecule has 3 heteroatoms. The van der Waals surface area contributed by atoms with Crippen LogP contribution in [0.15, 0.2) is 91.0 Å². The molecule has 5 rings (SSSR count). The fourth-order valence-corrected chi connectivity index (χ4v) is 5.04. The minimum atomic E-state index is -0.198. The number of carbonyl (C=O) groups is 2. The molecule has 0 spiro atoms. The summed E-state index contributed by atoms with van der Waals surface area (Å²) in [5, 5.41) is 0. The zero-order chi connectivity index (χ0) is 23.5. The van der Waals surface area contributed by atoms with Crippen molar-refractivity contribution in [1.82, 2.24) is 0 Å². The van der Waals surface area contributed by atoms with Crippen LogP contribution in [0.2, 0.25) is 0 Å². The summed E-state index contributed by atoms with van der Waals surface area (Å²) >= 11 is 0. The van der Waals surface area contributed by atoms with Crippen LogP contribution in [0, 0.1) is 6.92 Å². The first-order chi connectivity index (χ1) is 16.7. The van der Waals surface area contributed by atoms with Crippen molar-refractivity contribution in [2.24, 2.45) is 0 Å². The lowest BCUT2D eigenvalue weighted by molar-refractivity contribution is -0.143. The first kappa shape index (κ1) is 21.8. The van der Waals surface area contributed by atoms with Gasteiger partial charge >= 0.3 is 5.97 Å². The first-order valence-electron chi connectivity index (χ1n) is 11.6. The molecule has 1 aliphatic carbocycles. The predicted octanol–water partition coefficient (Wildman–Crippen LogP) is 6.76. The molecule has 0 amide bonds. The van der Waals surface area contributed by atoms with Crippen molar-refractivity contribution in [2.75, 3.05) is 6.61 Å². The molecule has 168 valence electrons. The lowest BCUT2D eigenvalue weighted by Gasteiger charge is -2.15. The van der Waals surface area contributed by atoms with E-state index in [-0.39, 0.29) is 11.9 Å². The zero-order valence-corrected chi connectivity index (χ0v) is 19.2. The second-order valence-electron chi connectivity index (χ2n) is 8.76. The molecular weight excluding hydrogens is 420 g/mol. The van der Waals surface area contributed by atoms with Gasteiger partial charge in [-0.15, -0.1) is 0 Å². The Morgan fingerprint density at radius 3 is 2.24 bits per heavy atom. The van der Waals surface area contributed by atoms with E-state index in [1.54, 1.807) is 6.07 Å². The lowest BCUT2D eigenvalue weighted by Crippen LogP contribution is -2.13. The molecule has 0 saturated carbocycles. The van der Waals surface area contributed by atoms with E-state index in [4.69, 9.17) is 4.74 Å². The van der Waals surface area contributed by atoms with Crippen LogP contribution in [-0.4, -0.2) is 18.9 Å². The van der Waals surface area contributed by atoms with Gasteiger partial charge in [-0.05, 0) is 63.9 Å². The lowest BCUT2D eigenvalue weighted by atomic mass is 9.92. The Kier molecular flexibility index (Phi) is 6.09. The van der Waals surface area contributed by atoms with Gasteiger partial charge in [-0.2, -0.15) is 0 Å². The minimum Gasteiger partial charge on any atom is -0.465 e. The van der Waals surface area contributed by atoms with Gasteiger partial charge in [-0.1, -0.05) is 84.9 Å². The Morgan fingerprint density at radius 2 is 1.53 bits per heavy atom. The Balaban J connectivity index is 1.29. The highest BCUT2D eigenvalue weighted by atomic mass is 16.5. The summed E-state index contributed by atoms with van der Waals surface area (Å²) in [5.41, 5.74) is 9.79. The van der Waals surface area contributed by atoms with Crippen LogP contribution >= 0.6 is 0 Å². The van der Waals surface area contributed by atoms with E-state index in [1.165, 1.54) is 22.3 Å². The second kappa shape index (κ2) is 9.48. The second-order valence-corrected chi connectivity index (χ2v) is 8.76. The minimum absolute atomic E-state index is 0.0666. The van der Waals surface area contributed by atoms with Crippen LogP contribution in [0.3, 0.4) is 0 Å². The maximum absolute atomic E-state index is 12.8. The van der Waals surface area contributed by atoms with Gasteiger partial charge in [0.2, 0.25) is 0 Å². The number of aldehydes is 1. The van der Waals surface area contributed by atoms with Gasteiger partial charge in [0, 0.05) is 17.9 Å². The van der Waals surface area contributed by atoms with Gasteiger partial charge in [0.1, 0.15) is 12.9 Å². The van der Waals surface area contributed by atoms with E-state index in [0.717, 1.165) is 28.5 Å². The van der Waals surface area contributed by atoms with Crippen molar-refractivity contribution in [2.45, 2.75) is 25.7 Å². The Labute approximate surface area is 200 Å². The van der Waals surface area contributed by atoms with E-state index in [9.17, 15) is 9.59 Å². The van der Waals surface area contributed by atoms with Crippen LogP contribution in [-0.2, 0) is 16.0 Å². The molecule has 0 N–H and O–H groups in total. The summed E-state index contributed by atoms with van der Waals surface area (Å²) in [7, 11) is 0. The third kappa shape index (κ3) is 4.17. The summed E-state index contributed by atoms with van der Waals surface area (Å²) < 4.78 is 5.79. The van der Waals surface area contributed by atoms with Crippen LogP contribution in [0.25, 0.3) is 22.3 Å². The Bertz CT molecular complexity index is 1320. The average Bonchev–Trinajstić information content (AvgIpc) is 3.20. The number of carbonyl (C=O) groups excluding carboxylic acids is 2. The standard InChI is InChI=1S/C31H26O3/c1-21-8-6-10-23(31(21)24-11-7-9-22(18-24)19-32)16-17-30(33)34-20-29-27-14-4-2-12-25(27)26-13-3-5-15-28(26)29/h2-15,18-19,29H,16-17,20H2,1H3. The number of benzene rings is 4. The molecule has 4 aromatic rings. The molecule has 4 aromatic carbocycles. The van der Waals surface area contributed by atoms with Crippen LogP contribution in [0.1, 0.15) is 45.0 Å². The molecule has 0 aromatic heterocycles. The third-order valence-corrected chi connectivity index (χ3v) is 6.64. The highest BCUT2D eigenvalue weighted by Crippen LogP contribution is 2.44. The zero-order valence-electron chi connectivity index (χ0n) is 19.2. The third-order valence-electron chi connectivity index (χ3n) is 6.64. The van der Waals surface area contributed by atoms with Crippen LogP contribution in [0.5, 0.6) is 0 Å². The van der Waals surface area contributed by atoms with Gasteiger partial charge in [0.05, 0.1) is 0 Å². The van der Waals surface area contributed by atoms with E-state index in [2.05, 4.69) is 37.3 Å². The fourth-order valence-electron chi connectivity index (χ4n) is 5.04. The molecule has 0 atom stereocenters. The SMILES string of the molecule is Cc1cccc(CCC(=O)OCC2c3ccccc3-c3ccccc32)c1-c1cccc(C=O)c1. The molecular formula is C31H26O3. The topological polar surface area (TPSA) is 43.4 Å². The summed E-state index contributed by atoms with van der Waals surface area (Å²) in [5.74, 6) is -0.132. The van der Waals surface area contributed by atoms with Crippen molar-refractivity contribution in [3.8, 4) is 22.3 Å². The van der Waals surface area contributed by atoms with Crippen molar-refractivity contribution >= 4 is 12.3 Å². The average molecular weight is 447 g/mol. The molecule has 1 aliphatic rings. The summed E-state index contributed by atoms with van der Waals surface area (Å²) in [6.07, 6.45) is 1.75. The largest absolute Gasteiger partial charge is 0.465 e. The number of hydrogen-bond donors (Lipinski definition) is 0. The molecule has 34 heavy (non-hydrogen) atoms.